The largest absolute Gasteiger partial charge is 0.508 e. The van der Waals surface area contributed by atoms with Crippen LogP contribution in [-0.4, -0.2) is 73.5 Å². The molecular weight excluding hydrogens is 442 g/mol. The van der Waals surface area contributed by atoms with Crippen LogP contribution in [0.1, 0.15) is 30.6 Å². The van der Waals surface area contributed by atoms with Gasteiger partial charge in [-0.15, -0.1) is 0 Å². The molecule has 0 amide bonds. The Balaban J connectivity index is 2.03. The van der Waals surface area contributed by atoms with Crippen LogP contribution in [0.2, 0.25) is 5.02 Å². The predicted octanol–water partition coefficient (Wildman–Crippen LogP) is 1.21. The summed E-state index contributed by atoms with van der Waals surface area (Å²) in [5, 5.41) is 54.6. The summed E-state index contributed by atoms with van der Waals surface area (Å²) >= 11 is 6.20. The zero-order valence-corrected chi connectivity index (χ0v) is 18.2. The first-order chi connectivity index (χ1) is 14.8. The smallest absolute Gasteiger partial charge is 0.202 e. The molecule has 0 unspecified atom stereocenters. The minimum atomic E-state index is -2.69. The summed E-state index contributed by atoms with van der Waals surface area (Å²) in [5.74, 6) is -7.24. The highest BCUT2D eigenvalue weighted by atomic mass is 35.5. The first-order valence-corrected chi connectivity index (χ1v) is 10.3. The van der Waals surface area contributed by atoms with Crippen molar-refractivity contribution in [3.8, 4) is 5.75 Å². The fraction of sp³-hybridized carbons (Fsp3) is 0.409. The molecule has 0 aliphatic heterocycles. The molecule has 3 aliphatic carbocycles. The molecule has 1 saturated carbocycles. The van der Waals surface area contributed by atoms with Crippen molar-refractivity contribution >= 4 is 34.7 Å². The van der Waals surface area contributed by atoms with Crippen molar-refractivity contribution in [1.29, 1.82) is 0 Å². The number of rotatable bonds is 2. The Morgan fingerprint density at radius 3 is 2.38 bits per heavy atom. The summed E-state index contributed by atoms with van der Waals surface area (Å²) < 4.78 is 0. The highest BCUT2D eigenvalue weighted by Crippen LogP contribution is 2.56. The number of phenols is 1. The molecule has 0 bridgehead atoms. The Hall–Kier alpha value is -2.72. The minimum absolute atomic E-state index is 0.0175. The van der Waals surface area contributed by atoms with Gasteiger partial charge in [0.15, 0.2) is 17.2 Å². The molecule has 0 saturated heterocycles. The third kappa shape index (κ3) is 2.65. The average Bonchev–Trinajstić information content (AvgIpc) is 2.69. The Kier molecular flexibility index (Phi) is 5.02. The number of Topliss-reactive ketones (excluding diaryl/α,β-unsaturated/α-hetero) is 3. The van der Waals surface area contributed by atoms with Crippen molar-refractivity contribution < 1.29 is 39.9 Å². The van der Waals surface area contributed by atoms with Gasteiger partial charge in [0.05, 0.1) is 17.7 Å². The molecule has 0 aromatic heterocycles. The molecule has 9 nitrogen and oxygen atoms in total. The molecule has 10 heteroatoms. The van der Waals surface area contributed by atoms with Crippen molar-refractivity contribution in [2.45, 2.75) is 31.1 Å². The number of carbonyl (C=O) groups is 3. The van der Waals surface area contributed by atoms with Crippen LogP contribution >= 0.6 is 11.6 Å². The van der Waals surface area contributed by atoms with Gasteiger partial charge in [-0.3, -0.25) is 19.3 Å². The molecule has 170 valence electrons. The second-order valence-electron chi connectivity index (χ2n) is 8.66. The van der Waals surface area contributed by atoms with E-state index in [4.69, 9.17) is 11.6 Å². The topological polar surface area (TPSA) is 156 Å². The summed E-state index contributed by atoms with van der Waals surface area (Å²) in [6, 6.07) is 1.36. The molecule has 0 radical (unpaired) electrons. The van der Waals surface area contributed by atoms with Crippen LogP contribution in [0, 0.1) is 11.8 Å². The van der Waals surface area contributed by atoms with E-state index < -0.39 is 75.3 Å². The summed E-state index contributed by atoms with van der Waals surface area (Å²) in [7, 11) is 3.05. The summed E-state index contributed by atoms with van der Waals surface area (Å²) in [4.78, 5) is 40.2. The van der Waals surface area contributed by atoms with E-state index in [1.165, 1.54) is 31.1 Å². The van der Waals surface area contributed by atoms with E-state index in [9.17, 15) is 39.9 Å². The highest BCUT2D eigenvalue weighted by molar-refractivity contribution is 6.32. The van der Waals surface area contributed by atoms with Gasteiger partial charge in [-0.25, -0.2) is 0 Å². The highest BCUT2D eigenvalue weighted by Gasteiger charge is 2.65. The van der Waals surface area contributed by atoms with Crippen molar-refractivity contribution in [3.63, 3.8) is 0 Å². The molecule has 5 N–H and O–H groups in total. The van der Waals surface area contributed by atoms with E-state index in [-0.39, 0.29) is 22.6 Å². The molecule has 0 heterocycles. The van der Waals surface area contributed by atoms with Crippen molar-refractivity contribution in [3.05, 3.63) is 45.2 Å². The maximum Gasteiger partial charge on any atom is 0.202 e. The lowest BCUT2D eigenvalue weighted by Gasteiger charge is -2.51. The number of benzene rings is 1. The number of carbonyl (C=O) groups excluding carboxylic acids is 3. The SMILES string of the molecule is CC(=O)C1=C(O)[C@@]2(O)C(=O)C3=C(O)c4c(O)ccc(Cl)c4[C@@H](O)[C@H]3C[C@H]2[C@H](N(C)C)C1=O. The molecule has 32 heavy (non-hydrogen) atoms. The van der Waals surface area contributed by atoms with Crippen LogP contribution < -0.4 is 0 Å². The number of hydrogen-bond donors (Lipinski definition) is 5. The molecule has 3 aliphatic rings. The van der Waals surface area contributed by atoms with Crippen LogP contribution in [0.4, 0.5) is 0 Å². The third-order valence-corrected chi connectivity index (χ3v) is 7.08. The van der Waals surface area contributed by atoms with Crippen LogP contribution in [0.15, 0.2) is 29.0 Å². The second-order valence-corrected chi connectivity index (χ2v) is 9.07. The van der Waals surface area contributed by atoms with E-state index >= 15 is 0 Å². The molecular formula is C22H22ClNO8. The van der Waals surface area contributed by atoms with E-state index in [0.29, 0.717) is 0 Å². The minimum Gasteiger partial charge on any atom is -0.508 e. The fourth-order valence-electron chi connectivity index (χ4n) is 5.34. The zero-order chi connectivity index (χ0) is 23.9. The normalized spacial score (nSPS) is 32.1. The van der Waals surface area contributed by atoms with Gasteiger partial charge < -0.3 is 25.5 Å². The first kappa shape index (κ1) is 22.5. The van der Waals surface area contributed by atoms with Gasteiger partial charge in [-0.05, 0) is 39.6 Å². The maximum absolute atomic E-state index is 13.6. The predicted molar refractivity (Wildman–Crippen MR) is 112 cm³/mol. The molecule has 4 rings (SSSR count). The molecule has 1 aromatic rings. The van der Waals surface area contributed by atoms with Crippen LogP contribution in [0.3, 0.4) is 0 Å². The number of aliphatic hydroxyl groups excluding tert-OH is 3. The number of hydrogen-bond acceptors (Lipinski definition) is 9. The Bertz CT molecular complexity index is 1150. The number of likely N-dealkylation sites (N-methyl/N-ethyl adjacent to an activating group) is 1. The fourth-order valence-corrected chi connectivity index (χ4v) is 5.61. The number of aliphatic hydroxyl groups is 4. The number of nitrogens with zero attached hydrogens (tertiary/aromatic N) is 1. The standard InChI is InChI=1S/C22H22ClNO8/c1-7(25)12-19(29)16(24(2)3)9-6-8-13(21(31)22(9,32)20(12)30)18(28)15-11(26)5-4-10(23)14(15)17(8)27/h4-5,8-9,16-17,26-28,30,32H,6H2,1-3H3/t8-,9-,16-,17-,22+/m0/s1. The van der Waals surface area contributed by atoms with Gasteiger partial charge in [0.25, 0.3) is 0 Å². The van der Waals surface area contributed by atoms with Crippen LogP contribution in [0.25, 0.3) is 5.76 Å². The molecule has 5 atom stereocenters. The lowest BCUT2D eigenvalue weighted by molar-refractivity contribution is -0.155. The van der Waals surface area contributed by atoms with Gasteiger partial charge in [0.2, 0.25) is 5.78 Å². The van der Waals surface area contributed by atoms with Crippen molar-refractivity contribution in [1.82, 2.24) is 4.90 Å². The van der Waals surface area contributed by atoms with Gasteiger partial charge in [0, 0.05) is 28.0 Å². The van der Waals surface area contributed by atoms with Crippen molar-refractivity contribution in [2.75, 3.05) is 14.1 Å². The lowest BCUT2D eigenvalue weighted by Crippen LogP contribution is -2.65. The van der Waals surface area contributed by atoms with Gasteiger partial charge in [0.1, 0.15) is 22.8 Å². The number of halogens is 1. The Morgan fingerprint density at radius 2 is 1.81 bits per heavy atom. The average molecular weight is 464 g/mol. The lowest BCUT2D eigenvalue weighted by atomic mass is 9.57. The number of ketones is 3. The Labute approximate surface area is 187 Å². The number of aromatic hydroxyl groups is 1. The van der Waals surface area contributed by atoms with E-state index in [1.54, 1.807) is 0 Å². The maximum atomic E-state index is 13.6. The van der Waals surface area contributed by atoms with Crippen LogP contribution in [-0.2, 0) is 14.4 Å². The van der Waals surface area contributed by atoms with Crippen LogP contribution in [0.5, 0.6) is 5.75 Å². The zero-order valence-electron chi connectivity index (χ0n) is 17.5. The van der Waals surface area contributed by atoms with Gasteiger partial charge in [-0.1, -0.05) is 11.6 Å². The first-order valence-electron chi connectivity index (χ1n) is 9.91. The molecule has 1 fully saturated rings. The monoisotopic (exact) mass is 463 g/mol. The molecule has 0 spiro atoms. The number of phenolic OH excluding ortho intramolecular Hbond substituents is 1. The van der Waals surface area contributed by atoms with Gasteiger partial charge in [-0.2, -0.15) is 0 Å². The van der Waals surface area contributed by atoms with E-state index in [0.717, 1.165) is 6.92 Å². The quantitative estimate of drug-likeness (QED) is 0.407. The third-order valence-electron chi connectivity index (χ3n) is 6.75. The molecule has 1 aromatic carbocycles. The number of fused-ring (bicyclic) bond motifs is 3. The second kappa shape index (κ2) is 7.14. The summed E-state index contributed by atoms with van der Waals surface area (Å²) in [5.41, 5.74) is -4.02. The van der Waals surface area contributed by atoms with Gasteiger partial charge >= 0.3 is 0 Å². The van der Waals surface area contributed by atoms with E-state index in [1.807, 2.05) is 0 Å². The Morgan fingerprint density at radius 1 is 1.19 bits per heavy atom. The summed E-state index contributed by atoms with van der Waals surface area (Å²) in [6.07, 6.45) is -1.64. The summed E-state index contributed by atoms with van der Waals surface area (Å²) in [6.45, 7) is 1.04. The van der Waals surface area contributed by atoms with Crippen molar-refractivity contribution in [2.24, 2.45) is 11.8 Å². The van der Waals surface area contributed by atoms with E-state index in [2.05, 4.69) is 0 Å².